The highest BCUT2D eigenvalue weighted by Crippen LogP contribution is 2.18. The van der Waals surface area contributed by atoms with E-state index in [4.69, 9.17) is 0 Å². The van der Waals surface area contributed by atoms with Gasteiger partial charge >= 0.3 is 0 Å². The summed E-state index contributed by atoms with van der Waals surface area (Å²) in [7, 11) is 0. The third kappa shape index (κ3) is 3.90. The van der Waals surface area contributed by atoms with Crippen LogP contribution in [0.5, 0.6) is 0 Å². The lowest BCUT2D eigenvalue weighted by Gasteiger charge is -2.14. The molecule has 0 bridgehead atoms. The molecule has 0 aliphatic carbocycles. The maximum absolute atomic E-state index is 4.40. The minimum absolute atomic E-state index is 0.295. The fraction of sp³-hybridized carbons (Fsp3) is 0.214. The lowest BCUT2D eigenvalue weighted by atomic mass is 10.1. The normalized spacial score (nSPS) is 12.4. The van der Waals surface area contributed by atoms with Gasteiger partial charge in [-0.25, -0.2) is 4.98 Å². The highest BCUT2D eigenvalue weighted by atomic mass is 79.9. The minimum Gasteiger partial charge on any atom is -0.305 e. The Morgan fingerprint density at radius 3 is 2.67 bits per heavy atom. The molecule has 1 N–H and O–H groups in total. The molecule has 4 heteroatoms. The first-order valence-electron chi connectivity index (χ1n) is 5.75. The molecular formula is C14H14Br2N2. The SMILES string of the molecule is C[C@@H](NCc1cccc(Br)n1)c1cccc(Br)c1. The fourth-order valence-corrected chi connectivity index (χ4v) is 2.50. The van der Waals surface area contributed by atoms with Gasteiger partial charge in [0.15, 0.2) is 0 Å². The van der Waals surface area contributed by atoms with Crippen molar-refractivity contribution < 1.29 is 0 Å². The van der Waals surface area contributed by atoms with E-state index in [1.54, 1.807) is 0 Å². The summed E-state index contributed by atoms with van der Waals surface area (Å²) in [6.45, 7) is 2.91. The van der Waals surface area contributed by atoms with Gasteiger partial charge in [0, 0.05) is 17.1 Å². The van der Waals surface area contributed by atoms with Gasteiger partial charge in [-0.15, -0.1) is 0 Å². The molecule has 94 valence electrons. The summed E-state index contributed by atoms with van der Waals surface area (Å²) < 4.78 is 1.98. The maximum atomic E-state index is 4.40. The second kappa shape index (κ2) is 6.45. The van der Waals surface area contributed by atoms with Gasteiger partial charge in [-0.05, 0) is 52.7 Å². The third-order valence-corrected chi connectivity index (χ3v) is 3.65. The number of hydrogen-bond donors (Lipinski definition) is 1. The fourth-order valence-electron chi connectivity index (χ4n) is 1.70. The lowest BCUT2D eigenvalue weighted by Crippen LogP contribution is -2.18. The van der Waals surface area contributed by atoms with Gasteiger partial charge in [0.2, 0.25) is 0 Å². The zero-order valence-corrected chi connectivity index (χ0v) is 13.2. The van der Waals surface area contributed by atoms with Crippen LogP contribution >= 0.6 is 31.9 Å². The van der Waals surface area contributed by atoms with E-state index in [1.165, 1.54) is 5.56 Å². The van der Waals surface area contributed by atoms with Crippen molar-refractivity contribution in [3.05, 3.63) is 62.8 Å². The first kappa shape index (κ1) is 13.7. The predicted molar refractivity (Wildman–Crippen MR) is 81.3 cm³/mol. The number of nitrogens with one attached hydrogen (secondary N) is 1. The molecular weight excluding hydrogens is 356 g/mol. The standard InChI is InChI=1S/C14H14Br2N2/c1-10(11-4-2-5-12(15)8-11)17-9-13-6-3-7-14(16)18-13/h2-8,10,17H,9H2,1H3/t10-/m1/s1. The first-order chi connectivity index (χ1) is 8.65. The molecule has 1 aromatic carbocycles. The van der Waals surface area contributed by atoms with Gasteiger partial charge in [0.25, 0.3) is 0 Å². The van der Waals surface area contributed by atoms with Crippen LogP contribution in [0.15, 0.2) is 51.5 Å². The molecule has 0 saturated heterocycles. The molecule has 1 heterocycles. The first-order valence-corrected chi connectivity index (χ1v) is 7.34. The molecule has 2 rings (SSSR count). The Bertz CT molecular complexity index is 529. The summed E-state index contributed by atoms with van der Waals surface area (Å²) in [5.41, 5.74) is 2.30. The van der Waals surface area contributed by atoms with E-state index in [9.17, 15) is 0 Å². The van der Waals surface area contributed by atoms with Crippen molar-refractivity contribution in [1.82, 2.24) is 10.3 Å². The van der Waals surface area contributed by atoms with E-state index >= 15 is 0 Å². The Morgan fingerprint density at radius 1 is 1.17 bits per heavy atom. The predicted octanol–water partition coefficient (Wildman–Crippen LogP) is 4.46. The van der Waals surface area contributed by atoms with Crippen LogP contribution in [-0.4, -0.2) is 4.98 Å². The third-order valence-electron chi connectivity index (χ3n) is 2.71. The number of nitrogens with zero attached hydrogens (tertiary/aromatic N) is 1. The van der Waals surface area contributed by atoms with Crippen molar-refractivity contribution in [3.8, 4) is 0 Å². The van der Waals surface area contributed by atoms with E-state index in [2.05, 4.69) is 67.3 Å². The molecule has 0 spiro atoms. The lowest BCUT2D eigenvalue weighted by molar-refractivity contribution is 0.567. The summed E-state index contributed by atoms with van der Waals surface area (Å²) >= 11 is 6.87. The zero-order valence-electron chi connectivity index (χ0n) is 10.0. The van der Waals surface area contributed by atoms with Crippen LogP contribution in [-0.2, 0) is 6.54 Å². The van der Waals surface area contributed by atoms with Crippen LogP contribution < -0.4 is 5.32 Å². The number of aromatic nitrogens is 1. The number of benzene rings is 1. The van der Waals surface area contributed by atoms with Crippen molar-refractivity contribution in [2.24, 2.45) is 0 Å². The van der Waals surface area contributed by atoms with E-state index in [1.807, 2.05) is 24.3 Å². The second-order valence-electron chi connectivity index (χ2n) is 4.11. The molecule has 2 nitrogen and oxygen atoms in total. The summed E-state index contributed by atoms with van der Waals surface area (Å²) in [6, 6.07) is 14.6. The quantitative estimate of drug-likeness (QED) is 0.805. The van der Waals surface area contributed by atoms with Crippen molar-refractivity contribution >= 4 is 31.9 Å². The molecule has 0 radical (unpaired) electrons. The zero-order chi connectivity index (χ0) is 13.0. The number of pyridine rings is 1. The average molecular weight is 370 g/mol. The summed E-state index contributed by atoms with van der Waals surface area (Å²) in [5.74, 6) is 0. The van der Waals surface area contributed by atoms with Crippen molar-refractivity contribution in [2.45, 2.75) is 19.5 Å². The molecule has 0 saturated carbocycles. The minimum atomic E-state index is 0.295. The summed E-state index contributed by atoms with van der Waals surface area (Å²) in [6.07, 6.45) is 0. The highest BCUT2D eigenvalue weighted by Gasteiger charge is 2.05. The maximum Gasteiger partial charge on any atom is 0.106 e. The van der Waals surface area contributed by atoms with Gasteiger partial charge in [-0.3, -0.25) is 0 Å². The highest BCUT2D eigenvalue weighted by molar-refractivity contribution is 9.10. The van der Waals surface area contributed by atoms with Gasteiger partial charge in [-0.1, -0.05) is 34.1 Å². The van der Waals surface area contributed by atoms with E-state index < -0.39 is 0 Å². The Balaban J connectivity index is 1.98. The summed E-state index contributed by atoms with van der Waals surface area (Å²) in [5, 5.41) is 3.47. The molecule has 0 aliphatic heterocycles. The van der Waals surface area contributed by atoms with Crippen LogP contribution in [0, 0.1) is 0 Å². The van der Waals surface area contributed by atoms with Crippen LogP contribution in [0.3, 0.4) is 0 Å². The Morgan fingerprint density at radius 2 is 1.94 bits per heavy atom. The monoisotopic (exact) mass is 368 g/mol. The van der Waals surface area contributed by atoms with Crippen molar-refractivity contribution in [2.75, 3.05) is 0 Å². The number of rotatable bonds is 4. The van der Waals surface area contributed by atoms with Gasteiger partial charge in [0.1, 0.15) is 4.60 Å². The average Bonchev–Trinajstić information content (AvgIpc) is 2.36. The molecule has 0 amide bonds. The molecule has 1 aromatic heterocycles. The second-order valence-corrected chi connectivity index (χ2v) is 5.84. The van der Waals surface area contributed by atoms with E-state index in [0.717, 1.165) is 21.3 Å². The van der Waals surface area contributed by atoms with Crippen molar-refractivity contribution in [1.29, 1.82) is 0 Å². The van der Waals surface area contributed by atoms with Crippen LogP contribution in [0.1, 0.15) is 24.2 Å². The van der Waals surface area contributed by atoms with Gasteiger partial charge in [0.05, 0.1) is 5.69 Å². The van der Waals surface area contributed by atoms with Crippen molar-refractivity contribution in [3.63, 3.8) is 0 Å². The molecule has 0 fully saturated rings. The summed E-state index contributed by atoms with van der Waals surface area (Å²) in [4.78, 5) is 4.40. The molecule has 18 heavy (non-hydrogen) atoms. The Kier molecular flexibility index (Phi) is 4.92. The molecule has 0 aliphatic rings. The van der Waals surface area contributed by atoms with Crippen LogP contribution in [0.2, 0.25) is 0 Å². The topological polar surface area (TPSA) is 24.9 Å². The number of halogens is 2. The Labute approximate surface area is 124 Å². The molecule has 0 unspecified atom stereocenters. The smallest absolute Gasteiger partial charge is 0.106 e. The van der Waals surface area contributed by atoms with Gasteiger partial charge < -0.3 is 5.32 Å². The van der Waals surface area contributed by atoms with E-state index in [-0.39, 0.29) is 0 Å². The van der Waals surface area contributed by atoms with Crippen LogP contribution in [0.25, 0.3) is 0 Å². The van der Waals surface area contributed by atoms with E-state index in [0.29, 0.717) is 6.04 Å². The number of hydrogen-bond acceptors (Lipinski definition) is 2. The Hall–Kier alpha value is -0.710. The van der Waals surface area contributed by atoms with Gasteiger partial charge in [-0.2, -0.15) is 0 Å². The van der Waals surface area contributed by atoms with Crippen LogP contribution in [0.4, 0.5) is 0 Å². The molecule has 2 aromatic rings. The molecule has 1 atom stereocenters. The largest absolute Gasteiger partial charge is 0.305 e.